The summed E-state index contributed by atoms with van der Waals surface area (Å²) in [5, 5.41) is 2.90. The summed E-state index contributed by atoms with van der Waals surface area (Å²) in [6.07, 6.45) is 0.933. The van der Waals surface area contributed by atoms with Crippen molar-refractivity contribution in [2.24, 2.45) is 5.92 Å². The van der Waals surface area contributed by atoms with Crippen LogP contribution in [0.4, 0.5) is 17.1 Å². The molecule has 1 N–H and O–H groups in total. The fraction of sp³-hybridized carbons (Fsp3) is 0.348. The predicted molar refractivity (Wildman–Crippen MR) is 115 cm³/mol. The lowest BCUT2D eigenvalue weighted by molar-refractivity contribution is -0.122. The number of rotatable bonds is 5. The van der Waals surface area contributed by atoms with Gasteiger partial charge in [-0.05, 0) is 49.2 Å². The second kappa shape index (κ2) is 8.18. The first-order chi connectivity index (χ1) is 14.5. The van der Waals surface area contributed by atoms with Gasteiger partial charge in [-0.3, -0.25) is 14.4 Å². The molecule has 0 radical (unpaired) electrons. The summed E-state index contributed by atoms with van der Waals surface area (Å²) in [7, 11) is 0. The third-order valence-corrected chi connectivity index (χ3v) is 5.59. The Morgan fingerprint density at radius 2 is 2.00 bits per heavy atom. The molecule has 0 spiro atoms. The number of carbonyl (C=O) groups is 3. The number of carbonyl (C=O) groups excluding carboxylic acids is 3. The smallest absolute Gasteiger partial charge is 0.229 e. The number of hydrogen-bond acceptors (Lipinski definition) is 4. The van der Waals surface area contributed by atoms with E-state index in [2.05, 4.69) is 5.32 Å². The summed E-state index contributed by atoms with van der Waals surface area (Å²) in [5.41, 5.74) is 3.33. The Balaban J connectivity index is 1.47. The van der Waals surface area contributed by atoms with E-state index in [1.165, 1.54) is 0 Å². The monoisotopic (exact) mass is 407 g/mol. The van der Waals surface area contributed by atoms with Crippen LogP contribution in [0.2, 0.25) is 0 Å². The molecule has 2 heterocycles. The van der Waals surface area contributed by atoms with Crippen molar-refractivity contribution in [1.29, 1.82) is 0 Å². The van der Waals surface area contributed by atoms with Gasteiger partial charge in [0.1, 0.15) is 5.75 Å². The number of anilines is 3. The Morgan fingerprint density at radius 1 is 1.20 bits per heavy atom. The van der Waals surface area contributed by atoms with Crippen LogP contribution < -0.4 is 19.9 Å². The van der Waals surface area contributed by atoms with Crippen LogP contribution in [0.3, 0.4) is 0 Å². The molecule has 3 amide bonds. The Morgan fingerprint density at radius 3 is 2.77 bits per heavy atom. The van der Waals surface area contributed by atoms with E-state index in [9.17, 15) is 14.4 Å². The number of nitrogens with zero attached hydrogens (tertiary/aromatic N) is 2. The second-order valence-electron chi connectivity index (χ2n) is 7.56. The van der Waals surface area contributed by atoms with E-state index in [1.54, 1.807) is 28.9 Å². The van der Waals surface area contributed by atoms with Crippen LogP contribution in [0.1, 0.15) is 25.8 Å². The first kappa shape index (κ1) is 19.9. The van der Waals surface area contributed by atoms with Gasteiger partial charge in [-0.1, -0.05) is 12.1 Å². The molecule has 0 aromatic heterocycles. The molecular weight excluding hydrogens is 382 g/mol. The molecule has 2 aromatic carbocycles. The highest BCUT2D eigenvalue weighted by molar-refractivity contribution is 6.04. The number of amides is 3. The van der Waals surface area contributed by atoms with E-state index in [0.717, 1.165) is 23.4 Å². The fourth-order valence-electron chi connectivity index (χ4n) is 4.10. The molecule has 2 aliphatic heterocycles. The quantitative estimate of drug-likeness (QED) is 0.827. The SMILES string of the molecule is CCOc1ccccc1NC(=O)[C@H]1CC(=O)N(c2ccc3c(c2)CCN3C(C)=O)C1. The zero-order chi connectivity index (χ0) is 21.3. The molecule has 2 aliphatic rings. The molecule has 0 bridgehead atoms. The van der Waals surface area contributed by atoms with Crippen molar-refractivity contribution in [3.63, 3.8) is 0 Å². The average molecular weight is 407 g/mol. The largest absolute Gasteiger partial charge is 0.492 e. The summed E-state index contributed by atoms with van der Waals surface area (Å²) < 4.78 is 5.56. The van der Waals surface area contributed by atoms with Crippen molar-refractivity contribution >= 4 is 34.8 Å². The molecule has 30 heavy (non-hydrogen) atoms. The van der Waals surface area contributed by atoms with E-state index in [1.807, 2.05) is 37.3 Å². The zero-order valence-corrected chi connectivity index (χ0v) is 17.2. The Labute approximate surface area is 175 Å². The van der Waals surface area contributed by atoms with Gasteiger partial charge in [0.25, 0.3) is 0 Å². The van der Waals surface area contributed by atoms with Crippen LogP contribution in [-0.2, 0) is 20.8 Å². The minimum Gasteiger partial charge on any atom is -0.492 e. The number of fused-ring (bicyclic) bond motifs is 1. The van der Waals surface area contributed by atoms with Crippen molar-refractivity contribution in [1.82, 2.24) is 0 Å². The van der Waals surface area contributed by atoms with Crippen LogP contribution >= 0.6 is 0 Å². The topological polar surface area (TPSA) is 79.0 Å². The summed E-state index contributed by atoms with van der Waals surface area (Å²) >= 11 is 0. The third kappa shape index (κ3) is 3.75. The highest BCUT2D eigenvalue weighted by atomic mass is 16.5. The minimum absolute atomic E-state index is 0.0165. The maximum Gasteiger partial charge on any atom is 0.229 e. The van der Waals surface area contributed by atoms with E-state index in [4.69, 9.17) is 4.74 Å². The molecule has 156 valence electrons. The molecule has 1 saturated heterocycles. The molecule has 0 aliphatic carbocycles. The van der Waals surface area contributed by atoms with Gasteiger partial charge in [0, 0.05) is 37.8 Å². The molecule has 4 rings (SSSR count). The first-order valence-corrected chi connectivity index (χ1v) is 10.2. The van der Waals surface area contributed by atoms with Crippen molar-refractivity contribution < 1.29 is 19.1 Å². The van der Waals surface area contributed by atoms with Crippen molar-refractivity contribution in [2.45, 2.75) is 26.7 Å². The fourth-order valence-corrected chi connectivity index (χ4v) is 4.10. The zero-order valence-electron chi connectivity index (χ0n) is 17.2. The molecule has 0 unspecified atom stereocenters. The predicted octanol–water partition coefficient (Wildman–Crippen LogP) is 2.99. The molecule has 7 nitrogen and oxygen atoms in total. The number of hydrogen-bond donors (Lipinski definition) is 1. The third-order valence-electron chi connectivity index (χ3n) is 5.59. The molecule has 7 heteroatoms. The minimum atomic E-state index is -0.436. The average Bonchev–Trinajstić information content (AvgIpc) is 3.32. The van der Waals surface area contributed by atoms with Crippen LogP contribution in [0.5, 0.6) is 5.75 Å². The highest BCUT2D eigenvalue weighted by Crippen LogP contribution is 2.34. The van der Waals surface area contributed by atoms with Crippen LogP contribution in [0.25, 0.3) is 0 Å². The molecule has 0 saturated carbocycles. The van der Waals surface area contributed by atoms with Crippen LogP contribution in [0.15, 0.2) is 42.5 Å². The Hall–Kier alpha value is -3.35. The number of nitrogens with one attached hydrogen (secondary N) is 1. The summed E-state index contributed by atoms with van der Waals surface area (Å²) in [4.78, 5) is 40.6. The molecule has 2 aromatic rings. The highest BCUT2D eigenvalue weighted by Gasteiger charge is 2.36. The lowest BCUT2D eigenvalue weighted by Crippen LogP contribution is -2.28. The number of benzene rings is 2. The van der Waals surface area contributed by atoms with E-state index in [-0.39, 0.29) is 24.1 Å². The standard InChI is InChI=1S/C23H25N3O4/c1-3-30-21-7-5-4-6-19(21)24-23(29)17-13-22(28)26(14-17)18-8-9-20-16(12-18)10-11-25(20)15(2)27/h4-9,12,17H,3,10-11,13-14H2,1-2H3,(H,24,29)/t17-/m0/s1. The number of para-hydroxylation sites is 2. The number of ether oxygens (including phenoxy) is 1. The van der Waals surface area contributed by atoms with Crippen molar-refractivity contribution in [3.8, 4) is 5.75 Å². The van der Waals surface area contributed by atoms with E-state index in [0.29, 0.717) is 31.1 Å². The maximum absolute atomic E-state index is 12.8. The Kier molecular flexibility index (Phi) is 5.44. The summed E-state index contributed by atoms with van der Waals surface area (Å²) in [6, 6.07) is 13.0. The molecular formula is C23H25N3O4. The van der Waals surface area contributed by atoms with Crippen molar-refractivity contribution in [2.75, 3.05) is 34.8 Å². The van der Waals surface area contributed by atoms with Gasteiger partial charge in [-0.2, -0.15) is 0 Å². The second-order valence-corrected chi connectivity index (χ2v) is 7.56. The van der Waals surface area contributed by atoms with Gasteiger partial charge in [0.2, 0.25) is 17.7 Å². The lowest BCUT2D eigenvalue weighted by Gasteiger charge is -2.19. The van der Waals surface area contributed by atoms with Crippen LogP contribution in [-0.4, -0.2) is 37.4 Å². The van der Waals surface area contributed by atoms with Gasteiger partial charge in [-0.15, -0.1) is 0 Å². The maximum atomic E-state index is 12.8. The van der Waals surface area contributed by atoms with Crippen molar-refractivity contribution in [3.05, 3.63) is 48.0 Å². The van der Waals surface area contributed by atoms with Gasteiger partial charge in [-0.25, -0.2) is 0 Å². The van der Waals surface area contributed by atoms with Gasteiger partial charge in [0.15, 0.2) is 0 Å². The Bertz CT molecular complexity index is 1000. The van der Waals surface area contributed by atoms with Crippen LogP contribution in [0, 0.1) is 5.92 Å². The summed E-state index contributed by atoms with van der Waals surface area (Å²) in [6.45, 7) is 4.93. The summed E-state index contributed by atoms with van der Waals surface area (Å²) in [5.74, 6) is -0.0725. The molecule has 1 atom stereocenters. The molecule has 1 fully saturated rings. The first-order valence-electron chi connectivity index (χ1n) is 10.2. The van der Waals surface area contributed by atoms with E-state index >= 15 is 0 Å². The van der Waals surface area contributed by atoms with Gasteiger partial charge >= 0.3 is 0 Å². The van der Waals surface area contributed by atoms with Gasteiger partial charge < -0.3 is 19.9 Å². The van der Waals surface area contributed by atoms with E-state index < -0.39 is 5.92 Å². The van der Waals surface area contributed by atoms with Gasteiger partial charge in [0.05, 0.1) is 18.2 Å². The lowest BCUT2D eigenvalue weighted by atomic mass is 10.1. The normalized spacial score (nSPS) is 17.8.